The first-order chi connectivity index (χ1) is 18.9. The van der Waals surface area contributed by atoms with Crippen LogP contribution in [-0.2, 0) is 25.6 Å². The zero-order valence-corrected chi connectivity index (χ0v) is 24.5. The van der Waals surface area contributed by atoms with Gasteiger partial charge in [0.2, 0.25) is 0 Å². The quantitative estimate of drug-likeness (QED) is 0.199. The van der Waals surface area contributed by atoms with Crippen LogP contribution in [0.4, 0.5) is 4.79 Å². The topological polar surface area (TPSA) is 86.3 Å². The Balaban J connectivity index is 1.69. The van der Waals surface area contributed by atoms with Crippen LogP contribution in [0.5, 0.6) is 0 Å². The lowest BCUT2D eigenvalue weighted by Crippen LogP contribution is -2.42. The van der Waals surface area contributed by atoms with Crippen LogP contribution in [0.15, 0.2) is 60.7 Å². The summed E-state index contributed by atoms with van der Waals surface area (Å²) in [5, 5.41) is 14.3. The average Bonchev–Trinajstić information content (AvgIpc) is 2.94. The second kappa shape index (κ2) is 16.9. The fourth-order valence-corrected chi connectivity index (χ4v) is 6.17. The molecule has 0 bridgehead atoms. The molecular weight excluding hydrogens is 514 g/mol. The van der Waals surface area contributed by atoms with E-state index in [0.29, 0.717) is 23.5 Å². The summed E-state index contributed by atoms with van der Waals surface area (Å²) in [6, 6.07) is 18.8. The SMILES string of the molecule is COCOC[C@H](CSC(O[C@@H]1C[C@H](C)CC[C@H]1C(C)C)C(O)c1ccccc1)NC(=O)OCc1ccccc1. The number of hydrogen-bond donors (Lipinski definition) is 2. The molecule has 7 nitrogen and oxygen atoms in total. The van der Waals surface area contributed by atoms with Gasteiger partial charge in [-0.1, -0.05) is 87.9 Å². The van der Waals surface area contributed by atoms with Crippen molar-refractivity contribution < 1.29 is 28.8 Å². The molecule has 2 aromatic carbocycles. The largest absolute Gasteiger partial charge is 0.445 e. The van der Waals surface area contributed by atoms with Crippen molar-refractivity contribution in [2.45, 2.75) is 70.3 Å². The van der Waals surface area contributed by atoms with Gasteiger partial charge in [-0.15, -0.1) is 11.8 Å². The Hall–Kier alpha value is -2.10. The maximum absolute atomic E-state index is 12.6. The molecule has 2 aromatic rings. The number of rotatable bonds is 15. The van der Waals surface area contributed by atoms with Gasteiger partial charge in [0, 0.05) is 12.9 Å². The van der Waals surface area contributed by atoms with Gasteiger partial charge in [-0.25, -0.2) is 4.79 Å². The third-order valence-electron chi connectivity index (χ3n) is 7.19. The minimum Gasteiger partial charge on any atom is -0.445 e. The number of thioether (sulfide) groups is 1. The molecule has 3 rings (SSSR count). The highest BCUT2D eigenvalue weighted by Gasteiger charge is 2.35. The second-order valence-corrected chi connectivity index (χ2v) is 11.9. The first-order valence-corrected chi connectivity index (χ1v) is 15.0. The van der Waals surface area contributed by atoms with Crippen LogP contribution in [-0.4, -0.2) is 55.0 Å². The minimum atomic E-state index is -0.813. The van der Waals surface area contributed by atoms with Gasteiger partial charge >= 0.3 is 6.09 Å². The fraction of sp³-hybridized carbons (Fsp3) is 0.581. The van der Waals surface area contributed by atoms with E-state index in [2.05, 4.69) is 26.1 Å². The highest BCUT2D eigenvalue weighted by Crippen LogP contribution is 2.39. The first kappa shape index (κ1) is 31.4. The van der Waals surface area contributed by atoms with Gasteiger partial charge in [0.1, 0.15) is 24.9 Å². The number of benzene rings is 2. The summed E-state index contributed by atoms with van der Waals surface area (Å²) >= 11 is 1.49. The summed E-state index contributed by atoms with van der Waals surface area (Å²) in [5.41, 5.74) is 1.22. The van der Waals surface area contributed by atoms with Crippen LogP contribution in [0.1, 0.15) is 57.3 Å². The standard InChI is InChI=1S/C31H45NO6S/c1-22(2)27-16-15-23(3)17-28(27)38-30(29(33)25-13-9-6-10-14-25)39-20-26(19-36-21-35-4)32-31(34)37-18-24-11-7-5-8-12-24/h5-14,22-23,26-30,33H,15-21H2,1-4H3,(H,32,34)/t23-,26-,27+,28-,29?,30?/m1/s1. The lowest BCUT2D eigenvalue weighted by atomic mass is 9.75. The van der Waals surface area contributed by atoms with Crippen molar-refractivity contribution in [3.63, 3.8) is 0 Å². The predicted molar refractivity (Wildman–Crippen MR) is 155 cm³/mol. The number of aliphatic hydroxyl groups excluding tert-OH is 1. The van der Waals surface area contributed by atoms with Crippen LogP contribution in [0, 0.1) is 17.8 Å². The van der Waals surface area contributed by atoms with E-state index in [4.69, 9.17) is 18.9 Å². The number of nitrogens with one attached hydrogen (secondary N) is 1. The van der Waals surface area contributed by atoms with Gasteiger partial charge in [0.15, 0.2) is 0 Å². The van der Waals surface area contributed by atoms with Crippen molar-refractivity contribution in [2.24, 2.45) is 17.8 Å². The zero-order chi connectivity index (χ0) is 28.0. The van der Waals surface area contributed by atoms with Crippen LogP contribution < -0.4 is 5.32 Å². The van der Waals surface area contributed by atoms with E-state index in [1.807, 2.05) is 60.7 Å². The molecule has 0 heterocycles. The number of hydrogen-bond acceptors (Lipinski definition) is 7. The molecule has 216 valence electrons. The van der Waals surface area contributed by atoms with E-state index in [0.717, 1.165) is 24.0 Å². The number of amides is 1. The summed E-state index contributed by atoms with van der Waals surface area (Å²) in [4.78, 5) is 12.6. The molecule has 2 N–H and O–H groups in total. The van der Waals surface area contributed by atoms with E-state index in [1.165, 1.54) is 18.2 Å². The molecule has 1 saturated carbocycles. The van der Waals surface area contributed by atoms with Crippen molar-refractivity contribution in [1.82, 2.24) is 5.32 Å². The van der Waals surface area contributed by atoms with E-state index in [1.54, 1.807) is 7.11 Å². The Morgan fingerprint density at radius 3 is 2.44 bits per heavy atom. The molecule has 1 aliphatic carbocycles. The molecule has 0 radical (unpaired) electrons. The first-order valence-electron chi connectivity index (χ1n) is 13.9. The molecule has 0 aliphatic heterocycles. The Morgan fingerprint density at radius 2 is 1.77 bits per heavy atom. The molecule has 1 amide bonds. The molecular formula is C31H45NO6S. The van der Waals surface area contributed by atoms with Crippen molar-refractivity contribution in [3.8, 4) is 0 Å². The monoisotopic (exact) mass is 559 g/mol. The normalized spacial score (nSPS) is 21.7. The van der Waals surface area contributed by atoms with Crippen LogP contribution in [0.3, 0.4) is 0 Å². The Kier molecular flexibility index (Phi) is 13.6. The van der Waals surface area contributed by atoms with Gasteiger partial charge in [0.05, 0.1) is 18.8 Å². The lowest BCUT2D eigenvalue weighted by molar-refractivity contribution is -0.0854. The Morgan fingerprint density at radius 1 is 1.08 bits per heavy atom. The molecule has 2 unspecified atom stereocenters. The van der Waals surface area contributed by atoms with Gasteiger partial charge < -0.3 is 29.4 Å². The third kappa shape index (κ3) is 10.8. The van der Waals surface area contributed by atoms with Crippen molar-refractivity contribution >= 4 is 17.9 Å². The van der Waals surface area contributed by atoms with Crippen molar-refractivity contribution in [3.05, 3.63) is 71.8 Å². The fourth-order valence-electron chi connectivity index (χ4n) is 5.00. The minimum absolute atomic E-state index is 0.0663. The molecule has 8 heteroatoms. The third-order valence-corrected chi connectivity index (χ3v) is 8.48. The van der Waals surface area contributed by atoms with Gasteiger partial charge in [0.25, 0.3) is 0 Å². The summed E-state index contributed by atoms with van der Waals surface area (Å²) < 4.78 is 22.8. The smallest absolute Gasteiger partial charge is 0.407 e. The summed E-state index contributed by atoms with van der Waals surface area (Å²) in [5.74, 6) is 1.99. The number of ether oxygens (including phenoxy) is 4. The zero-order valence-electron chi connectivity index (χ0n) is 23.7. The molecule has 6 atom stereocenters. The van der Waals surface area contributed by atoms with Crippen molar-refractivity contribution in [1.29, 1.82) is 0 Å². The second-order valence-electron chi connectivity index (χ2n) is 10.7. The number of aliphatic hydroxyl groups is 1. The Bertz CT molecular complexity index is 947. The van der Waals surface area contributed by atoms with E-state index >= 15 is 0 Å². The number of carbonyl (C=O) groups is 1. The van der Waals surface area contributed by atoms with E-state index in [9.17, 15) is 9.90 Å². The molecule has 39 heavy (non-hydrogen) atoms. The lowest BCUT2D eigenvalue weighted by Gasteiger charge is -2.40. The van der Waals surface area contributed by atoms with E-state index in [-0.39, 0.29) is 32.2 Å². The summed E-state index contributed by atoms with van der Waals surface area (Å²) in [6.45, 7) is 7.31. The van der Waals surface area contributed by atoms with Gasteiger partial charge in [-0.2, -0.15) is 0 Å². The molecule has 0 spiro atoms. The van der Waals surface area contributed by atoms with Gasteiger partial charge in [-0.3, -0.25) is 0 Å². The maximum Gasteiger partial charge on any atom is 0.407 e. The van der Waals surface area contributed by atoms with Crippen LogP contribution in [0.25, 0.3) is 0 Å². The highest BCUT2D eigenvalue weighted by molar-refractivity contribution is 7.99. The molecule has 0 saturated heterocycles. The average molecular weight is 560 g/mol. The highest BCUT2D eigenvalue weighted by atomic mass is 32.2. The van der Waals surface area contributed by atoms with Crippen LogP contribution >= 0.6 is 11.8 Å². The van der Waals surface area contributed by atoms with Crippen LogP contribution in [0.2, 0.25) is 0 Å². The van der Waals surface area contributed by atoms with Gasteiger partial charge in [-0.05, 0) is 41.7 Å². The Labute approximate surface area is 237 Å². The molecule has 0 aromatic heterocycles. The summed E-state index contributed by atoms with van der Waals surface area (Å²) in [7, 11) is 1.56. The van der Waals surface area contributed by atoms with Crippen molar-refractivity contribution in [2.75, 3.05) is 26.3 Å². The summed E-state index contributed by atoms with van der Waals surface area (Å²) in [6.07, 6.45) is 2.04. The number of alkyl carbamates (subject to hydrolysis) is 1. The van der Waals surface area contributed by atoms with E-state index < -0.39 is 17.6 Å². The molecule has 1 fully saturated rings. The number of methoxy groups -OCH3 is 1. The predicted octanol–water partition coefficient (Wildman–Crippen LogP) is 6.17. The maximum atomic E-state index is 12.6. The number of carbonyl (C=O) groups excluding carboxylic acids is 1. The molecule has 1 aliphatic rings.